The monoisotopic (exact) mass is 467 g/mol. The number of aromatic hydroxyl groups is 1. The molecule has 4 nitrogen and oxygen atoms in total. The first-order valence-corrected chi connectivity index (χ1v) is 9.37. The van der Waals surface area contributed by atoms with E-state index in [1.165, 1.54) is 26.0 Å². The van der Waals surface area contributed by atoms with Gasteiger partial charge in [0.15, 0.2) is 0 Å². The minimum Gasteiger partial charge on any atom is -0.507 e. The first kappa shape index (κ1) is 25.4. The molecule has 0 radical (unpaired) electrons. The van der Waals surface area contributed by atoms with Gasteiger partial charge in [0.1, 0.15) is 23.7 Å². The molecule has 0 saturated carbocycles. The summed E-state index contributed by atoms with van der Waals surface area (Å²) in [6, 6.07) is 0.107. The zero-order valence-electron chi connectivity index (χ0n) is 16.9. The zero-order chi connectivity index (χ0) is 24.4. The summed E-state index contributed by atoms with van der Waals surface area (Å²) in [6.45, 7) is 3.08. The van der Waals surface area contributed by atoms with Crippen molar-refractivity contribution >= 4 is 5.97 Å². The lowest BCUT2D eigenvalue weighted by Gasteiger charge is -2.29. The van der Waals surface area contributed by atoms with Crippen LogP contribution < -0.4 is 5.32 Å². The SMILES string of the molecule is CC(C)C[C@H](NC(c1cc(O)c(-c2ccccc2F)cc1C(F)(F)F)C(F)(F)F)C(=O)O. The summed E-state index contributed by atoms with van der Waals surface area (Å²) in [5, 5.41) is 21.2. The molecule has 11 heteroatoms. The van der Waals surface area contributed by atoms with Crippen molar-refractivity contribution in [2.45, 2.75) is 44.7 Å². The van der Waals surface area contributed by atoms with Crippen LogP contribution in [-0.4, -0.2) is 28.4 Å². The molecule has 1 unspecified atom stereocenters. The Morgan fingerprint density at radius 2 is 1.62 bits per heavy atom. The smallest absolute Gasteiger partial charge is 0.416 e. The van der Waals surface area contributed by atoms with Crippen molar-refractivity contribution in [3.63, 3.8) is 0 Å². The molecule has 2 aromatic rings. The molecule has 2 atom stereocenters. The van der Waals surface area contributed by atoms with E-state index < -0.39 is 64.2 Å². The second-order valence-electron chi connectivity index (χ2n) is 7.60. The number of hydrogen-bond acceptors (Lipinski definition) is 3. The van der Waals surface area contributed by atoms with Gasteiger partial charge in [0.25, 0.3) is 0 Å². The third-order valence-electron chi connectivity index (χ3n) is 4.65. The lowest BCUT2D eigenvalue weighted by molar-refractivity contribution is -0.167. The highest BCUT2D eigenvalue weighted by molar-refractivity contribution is 5.74. The maximum absolute atomic E-state index is 14.1. The lowest BCUT2D eigenvalue weighted by atomic mass is 9.92. The van der Waals surface area contributed by atoms with Crippen molar-refractivity contribution in [3.05, 3.63) is 53.3 Å². The molecule has 0 fully saturated rings. The van der Waals surface area contributed by atoms with Crippen molar-refractivity contribution in [3.8, 4) is 16.9 Å². The van der Waals surface area contributed by atoms with E-state index in [1.807, 2.05) is 0 Å². The van der Waals surface area contributed by atoms with Crippen molar-refractivity contribution in [2.75, 3.05) is 0 Å². The highest BCUT2D eigenvalue weighted by Crippen LogP contribution is 2.45. The van der Waals surface area contributed by atoms with Crippen LogP contribution in [-0.2, 0) is 11.0 Å². The Hall–Kier alpha value is -2.82. The van der Waals surface area contributed by atoms with Crippen LogP contribution in [0.5, 0.6) is 5.75 Å². The molecule has 2 rings (SSSR count). The average Bonchev–Trinajstić information content (AvgIpc) is 2.63. The van der Waals surface area contributed by atoms with E-state index in [4.69, 9.17) is 0 Å². The standard InChI is InChI=1S/C21H20F7NO3/c1-10(2)7-16(19(31)32)29-18(21(26,27)28)13-9-17(30)12(8-14(13)20(23,24)25)11-5-3-4-6-15(11)22/h3-6,8-10,16,18,29-30H,7H2,1-2H3,(H,31,32)/t16-,18?/m0/s1. The molecular weight excluding hydrogens is 447 g/mol. The van der Waals surface area contributed by atoms with E-state index in [0.717, 1.165) is 12.1 Å². The fraction of sp³-hybridized carbons (Fsp3) is 0.381. The molecule has 0 saturated heterocycles. The van der Waals surface area contributed by atoms with Crippen molar-refractivity contribution in [1.82, 2.24) is 5.32 Å². The normalized spacial score (nSPS) is 14.4. The quantitative estimate of drug-likeness (QED) is 0.443. The predicted molar refractivity (Wildman–Crippen MR) is 101 cm³/mol. The van der Waals surface area contributed by atoms with Gasteiger partial charge in [-0.15, -0.1) is 0 Å². The Kier molecular flexibility index (Phi) is 7.44. The number of alkyl halides is 6. The number of phenolic OH excluding ortho intramolecular Hbond substituents is 1. The number of carbonyl (C=O) groups is 1. The summed E-state index contributed by atoms with van der Waals surface area (Å²) < 4.78 is 96.7. The molecule has 2 aromatic carbocycles. The molecule has 0 heterocycles. The topological polar surface area (TPSA) is 69.6 Å². The summed E-state index contributed by atoms with van der Waals surface area (Å²) in [6.07, 6.45) is -10.9. The Morgan fingerprint density at radius 1 is 1.03 bits per heavy atom. The third-order valence-corrected chi connectivity index (χ3v) is 4.65. The number of rotatable bonds is 7. The van der Waals surface area contributed by atoms with Crippen LogP contribution in [0.3, 0.4) is 0 Å². The highest BCUT2D eigenvalue weighted by atomic mass is 19.4. The van der Waals surface area contributed by atoms with Gasteiger partial charge in [-0.2, -0.15) is 26.3 Å². The molecule has 0 amide bonds. The second kappa shape index (κ2) is 9.35. The summed E-state index contributed by atoms with van der Waals surface area (Å²) in [5.74, 6) is -4.06. The van der Waals surface area contributed by atoms with Gasteiger partial charge in [-0.05, 0) is 36.1 Å². The van der Waals surface area contributed by atoms with Gasteiger partial charge in [-0.1, -0.05) is 32.0 Å². The van der Waals surface area contributed by atoms with E-state index >= 15 is 0 Å². The van der Waals surface area contributed by atoms with Gasteiger partial charge in [0, 0.05) is 11.1 Å². The van der Waals surface area contributed by atoms with Gasteiger partial charge in [0.2, 0.25) is 0 Å². The fourth-order valence-corrected chi connectivity index (χ4v) is 3.26. The number of aliphatic carboxylic acids is 1. The van der Waals surface area contributed by atoms with Gasteiger partial charge in [-0.25, -0.2) is 4.39 Å². The van der Waals surface area contributed by atoms with Gasteiger partial charge in [-0.3, -0.25) is 10.1 Å². The molecule has 3 N–H and O–H groups in total. The van der Waals surface area contributed by atoms with Crippen LogP contribution in [0.2, 0.25) is 0 Å². The number of benzene rings is 2. The molecule has 0 aliphatic heterocycles. The summed E-state index contributed by atoms with van der Waals surface area (Å²) in [4.78, 5) is 11.4. The minimum atomic E-state index is -5.34. The molecule has 0 aromatic heterocycles. The van der Waals surface area contributed by atoms with Crippen LogP contribution >= 0.6 is 0 Å². The fourth-order valence-electron chi connectivity index (χ4n) is 3.26. The number of phenols is 1. The van der Waals surface area contributed by atoms with Crippen LogP contribution in [0.25, 0.3) is 11.1 Å². The minimum absolute atomic E-state index is 0.224. The van der Waals surface area contributed by atoms with Crippen molar-refractivity contribution in [2.24, 2.45) is 5.92 Å². The molecule has 0 spiro atoms. The molecule has 32 heavy (non-hydrogen) atoms. The van der Waals surface area contributed by atoms with Gasteiger partial charge < -0.3 is 10.2 Å². The molecular formula is C21H20F7NO3. The van der Waals surface area contributed by atoms with Crippen LogP contribution in [0.4, 0.5) is 30.7 Å². The average molecular weight is 467 g/mol. The molecule has 0 aliphatic carbocycles. The van der Waals surface area contributed by atoms with E-state index in [-0.39, 0.29) is 24.5 Å². The third kappa shape index (κ3) is 5.90. The largest absolute Gasteiger partial charge is 0.507 e. The maximum atomic E-state index is 14.1. The van der Waals surface area contributed by atoms with Crippen molar-refractivity contribution in [1.29, 1.82) is 0 Å². The predicted octanol–water partition coefficient (Wildman–Crippen LogP) is 5.91. The van der Waals surface area contributed by atoms with Gasteiger partial charge >= 0.3 is 18.3 Å². The number of carboxylic acids is 1. The first-order chi connectivity index (χ1) is 14.6. The van der Waals surface area contributed by atoms with E-state index in [9.17, 15) is 45.7 Å². The second-order valence-corrected chi connectivity index (χ2v) is 7.60. The Labute approximate surface area is 178 Å². The number of halogens is 7. The van der Waals surface area contributed by atoms with E-state index in [1.54, 1.807) is 5.32 Å². The van der Waals surface area contributed by atoms with Crippen LogP contribution in [0, 0.1) is 11.7 Å². The van der Waals surface area contributed by atoms with Crippen LogP contribution in [0.15, 0.2) is 36.4 Å². The number of nitrogens with one attached hydrogen (secondary N) is 1. The molecule has 0 bridgehead atoms. The molecule has 0 aliphatic rings. The van der Waals surface area contributed by atoms with Gasteiger partial charge in [0.05, 0.1) is 5.56 Å². The Morgan fingerprint density at radius 3 is 2.09 bits per heavy atom. The summed E-state index contributed by atoms with van der Waals surface area (Å²) in [7, 11) is 0. The van der Waals surface area contributed by atoms with Crippen molar-refractivity contribution < 1.29 is 45.7 Å². The number of carboxylic acid groups (broad SMARTS) is 1. The zero-order valence-corrected chi connectivity index (χ0v) is 16.9. The number of hydrogen-bond donors (Lipinski definition) is 3. The van der Waals surface area contributed by atoms with Crippen LogP contribution in [0.1, 0.15) is 37.4 Å². The first-order valence-electron chi connectivity index (χ1n) is 9.37. The summed E-state index contributed by atoms with van der Waals surface area (Å²) in [5.41, 5.74) is -4.30. The Bertz CT molecular complexity index is 971. The van der Waals surface area contributed by atoms with E-state index in [0.29, 0.717) is 0 Å². The molecule has 176 valence electrons. The Balaban J connectivity index is 2.72. The maximum Gasteiger partial charge on any atom is 0.416 e. The highest BCUT2D eigenvalue weighted by Gasteiger charge is 2.47. The lowest BCUT2D eigenvalue weighted by Crippen LogP contribution is -2.46. The van der Waals surface area contributed by atoms with E-state index in [2.05, 4.69) is 0 Å². The summed E-state index contributed by atoms with van der Waals surface area (Å²) >= 11 is 0.